The van der Waals surface area contributed by atoms with E-state index in [1.54, 1.807) is 24.3 Å². The van der Waals surface area contributed by atoms with Crippen LogP contribution in [0.1, 0.15) is 5.56 Å². The van der Waals surface area contributed by atoms with Gasteiger partial charge in [0.2, 0.25) is 5.91 Å². The second-order valence-electron chi connectivity index (χ2n) is 5.72. The molecule has 1 aliphatic heterocycles. The van der Waals surface area contributed by atoms with Crippen molar-refractivity contribution >= 4 is 23.4 Å². The third-order valence-corrected chi connectivity index (χ3v) is 4.06. The number of carbonyl (C=O) groups excluding carboxylic acids is 2. The van der Waals surface area contributed by atoms with Gasteiger partial charge in [-0.3, -0.25) is 20.4 Å². The lowest BCUT2D eigenvalue weighted by Crippen LogP contribution is -2.48. The van der Waals surface area contributed by atoms with Gasteiger partial charge in [-0.05, 0) is 42.3 Å². The van der Waals surface area contributed by atoms with Crippen molar-refractivity contribution < 1.29 is 23.5 Å². The maximum atomic E-state index is 13.4. The predicted molar refractivity (Wildman–Crippen MR) is 92.3 cm³/mol. The molecular formula is C18H16ClFN2O4. The number of halogens is 2. The van der Waals surface area contributed by atoms with E-state index >= 15 is 0 Å². The third-order valence-electron chi connectivity index (χ3n) is 3.82. The fourth-order valence-electron chi connectivity index (χ4n) is 2.51. The van der Waals surface area contributed by atoms with Gasteiger partial charge in [0.1, 0.15) is 12.4 Å². The molecule has 0 aromatic heterocycles. The van der Waals surface area contributed by atoms with Crippen molar-refractivity contribution in [3.8, 4) is 11.5 Å². The maximum Gasteiger partial charge on any atom is 0.276 e. The van der Waals surface area contributed by atoms with E-state index in [2.05, 4.69) is 10.9 Å². The first-order valence-electron chi connectivity index (χ1n) is 7.90. The van der Waals surface area contributed by atoms with E-state index in [9.17, 15) is 14.0 Å². The molecule has 6 nitrogen and oxygen atoms in total. The number of hydrogen-bond donors (Lipinski definition) is 2. The van der Waals surface area contributed by atoms with Gasteiger partial charge >= 0.3 is 0 Å². The van der Waals surface area contributed by atoms with Gasteiger partial charge in [0.25, 0.3) is 5.91 Å². The Morgan fingerprint density at radius 1 is 1.23 bits per heavy atom. The van der Waals surface area contributed by atoms with E-state index in [4.69, 9.17) is 21.1 Å². The Bertz CT molecular complexity index is 831. The molecule has 1 heterocycles. The van der Waals surface area contributed by atoms with Crippen molar-refractivity contribution in [1.82, 2.24) is 10.9 Å². The van der Waals surface area contributed by atoms with Gasteiger partial charge in [-0.15, -0.1) is 0 Å². The van der Waals surface area contributed by atoms with E-state index in [-0.39, 0.29) is 12.4 Å². The van der Waals surface area contributed by atoms with E-state index in [1.807, 2.05) is 0 Å². The number of hydrazine groups is 1. The molecule has 136 valence electrons. The molecule has 0 aliphatic carbocycles. The maximum absolute atomic E-state index is 13.4. The number of amides is 2. The highest BCUT2D eigenvalue weighted by Gasteiger charge is 2.26. The van der Waals surface area contributed by atoms with Crippen molar-refractivity contribution in [3.63, 3.8) is 0 Å². The second-order valence-corrected chi connectivity index (χ2v) is 6.16. The highest BCUT2D eigenvalue weighted by Crippen LogP contribution is 2.29. The molecule has 8 heteroatoms. The van der Waals surface area contributed by atoms with E-state index in [0.717, 1.165) is 5.56 Å². The molecule has 26 heavy (non-hydrogen) atoms. The van der Waals surface area contributed by atoms with Gasteiger partial charge in [-0.1, -0.05) is 23.7 Å². The molecule has 3 rings (SSSR count). The Kier molecular flexibility index (Phi) is 5.58. The van der Waals surface area contributed by atoms with Crippen molar-refractivity contribution in [2.24, 2.45) is 5.92 Å². The van der Waals surface area contributed by atoms with Crippen LogP contribution in [0.5, 0.6) is 11.5 Å². The zero-order valence-corrected chi connectivity index (χ0v) is 14.4. The minimum atomic E-state index is -0.609. The molecule has 2 amide bonds. The quantitative estimate of drug-likeness (QED) is 0.800. The number of carbonyl (C=O) groups is 2. The Morgan fingerprint density at radius 2 is 2.04 bits per heavy atom. The normalized spacial score (nSPS) is 15.4. The summed E-state index contributed by atoms with van der Waals surface area (Å²) in [6, 6.07) is 11.0. The number of fused-ring (bicyclic) bond motifs is 1. The summed E-state index contributed by atoms with van der Waals surface area (Å²) < 4.78 is 24.0. The van der Waals surface area contributed by atoms with Crippen LogP contribution in [0.4, 0.5) is 4.39 Å². The minimum absolute atomic E-state index is 0.0388. The Morgan fingerprint density at radius 3 is 2.85 bits per heavy atom. The Hall–Kier alpha value is -2.80. The number of ether oxygens (including phenoxy) is 2. The molecular weight excluding hydrogens is 363 g/mol. The molecule has 2 aromatic carbocycles. The molecule has 0 bridgehead atoms. The largest absolute Gasteiger partial charge is 0.492 e. The summed E-state index contributed by atoms with van der Waals surface area (Å²) in [4.78, 5) is 23.9. The number of hydrogen-bond acceptors (Lipinski definition) is 4. The lowest BCUT2D eigenvalue weighted by atomic mass is 9.96. The van der Waals surface area contributed by atoms with Crippen LogP contribution in [0, 0.1) is 11.7 Å². The van der Waals surface area contributed by atoms with Crippen LogP contribution in [0.25, 0.3) is 0 Å². The van der Waals surface area contributed by atoms with Crippen LogP contribution < -0.4 is 20.3 Å². The van der Waals surface area contributed by atoms with E-state index in [1.165, 1.54) is 18.2 Å². The SMILES string of the molecule is O=C(COc1ccccc1F)NNC(=O)[C@H]1COc2ccc(Cl)cc2C1. The fourth-order valence-corrected chi connectivity index (χ4v) is 2.70. The summed E-state index contributed by atoms with van der Waals surface area (Å²) in [6.45, 7) is -0.233. The fraction of sp³-hybridized carbons (Fsp3) is 0.222. The van der Waals surface area contributed by atoms with Crippen molar-refractivity contribution in [1.29, 1.82) is 0 Å². The van der Waals surface area contributed by atoms with Gasteiger partial charge in [-0.2, -0.15) is 0 Å². The molecule has 0 radical (unpaired) electrons. The predicted octanol–water partition coefficient (Wildman–Crippen LogP) is 2.26. The number of benzene rings is 2. The van der Waals surface area contributed by atoms with Crippen LogP contribution in [-0.4, -0.2) is 25.0 Å². The first-order valence-corrected chi connectivity index (χ1v) is 8.28. The summed E-state index contributed by atoms with van der Waals surface area (Å²) >= 11 is 5.95. The number of para-hydroxylation sites is 1. The standard InChI is InChI=1S/C18H16ClFN2O4/c19-13-5-6-15-11(8-13)7-12(9-25-15)18(24)22-21-17(23)10-26-16-4-2-1-3-14(16)20/h1-6,8,12H,7,9-10H2,(H,21,23)(H,22,24)/t12-/m1/s1. The summed E-state index contributed by atoms with van der Waals surface area (Å²) in [5, 5.41) is 0.562. The molecule has 0 fully saturated rings. The number of nitrogens with one attached hydrogen (secondary N) is 2. The molecule has 2 N–H and O–H groups in total. The summed E-state index contributed by atoms with van der Waals surface area (Å²) in [5.41, 5.74) is 5.39. The zero-order chi connectivity index (χ0) is 18.5. The van der Waals surface area contributed by atoms with Crippen molar-refractivity contribution in [2.45, 2.75) is 6.42 Å². The van der Waals surface area contributed by atoms with Crippen LogP contribution in [0.3, 0.4) is 0 Å². The average Bonchev–Trinajstić information content (AvgIpc) is 2.64. The van der Waals surface area contributed by atoms with Gasteiger partial charge < -0.3 is 9.47 Å². The number of rotatable bonds is 4. The van der Waals surface area contributed by atoms with Crippen LogP contribution in [0.15, 0.2) is 42.5 Å². The van der Waals surface area contributed by atoms with E-state index in [0.29, 0.717) is 17.2 Å². The Labute approximate surface area is 154 Å². The molecule has 2 aromatic rings. The molecule has 1 atom stereocenters. The van der Waals surface area contributed by atoms with Gasteiger partial charge in [0.15, 0.2) is 18.2 Å². The minimum Gasteiger partial charge on any atom is -0.492 e. The topological polar surface area (TPSA) is 76.7 Å². The molecule has 0 spiro atoms. The summed E-state index contributed by atoms with van der Waals surface area (Å²) in [7, 11) is 0. The molecule has 0 saturated heterocycles. The van der Waals surface area contributed by atoms with Crippen LogP contribution in [0.2, 0.25) is 5.02 Å². The highest BCUT2D eigenvalue weighted by molar-refractivity contribution is 6.30. The van der Waals surface area contributed by atoms with Crippen molar-refractivity contribution in [2.75, 3.05) is 13.2 Å². The Balaban J connectivity index is 1.47. The van der Waals surface area contributed by atoms with Crippen molar-refractivity contribution in [3.05, 3.63) is 58.9 Å². The first kappa shape index (κ1) is 18.0. The summed E-state index contributed by atoms with van der Waals surface area (Å²) in [5.74, 6) is -1.38. The smallest absolute Gasteiger partial charge is 0.276 e. The first-order chi connectivity index (χ1) is 12.5. The van der Waals surface area contributed by atoms with Gasteiger partial charge in [0, 0.05) is 5.02 Å². The average molecular weight is 379 g/mol. The van der Waals surface area contributed by atoms with Gasteiger partial charge in [0.05, 0.1) is 5.92 Å². The van der Waals surface area contributed by atoms with Crippen LogP contribution >= 0.6 is 11.6 Å². The molecule has 0 unspecified atom stereocenters. The van der Waals surface area contributed by atoms with Crippen LogP contribution in [-0.2, 0) is 16.0 Å². The van der Waals surface area contributed by atoms with Gasteiger partial charge in [-0.25, -0.2) is 4.39 Å². The highest BCUT2D eigenvalue weighted by atomic mass is 35.5. The third kappa shape index (κ3) is 4.43. The monoisotopic (exact) mass is 378 g/mol. The zero-order valence-electron chi connectivity index (χ0n) is 13.6. The second kappa shape index (κ2) is 8.05. The lowest BCUT2D eigenvalue weighted by molar-refractivity contribution is -0.132. The summed E-state index contributed by atoms with van der Waals surface area (Å²) in [6.07, 6.45) is 0.448. The molecule has 0 saturated carbocycles. The van der Waals surface area contributed by atoms with E-state index < -0.39 is 30.2 Å². The lowest BCUT2D eigenvalue weighted by Gasteiger charge is -2.24. The molecule has 1 aliphatic rings.